The molecule has 2 aromatic rings. The summed E-state index contributed by atoms with van der Waals surface area (Å²) in [5, 5.41) is 6.91. The van der Waals surface area contributed by atoms with Crippen LogP contribution in [0, 0.1) is 0 Å². The van der Waals surface area contributed by atoms with Crippen molar-refractivity contribution in [3.63, 3.8) is 0 Å². The third-order valence-electron chi connectivity index (χ3n) is 3.46. The van der Waals surface area contributed by atoms with Gasteiger partial charge in [0, 0.05) is 24.9 Å². The largest absolute Gasteiger partial charge is 0.495 e. The lowest BCUT2D eigenvalue weighted by Crippen LogP contribution is -2.16. The normalized spacial score (nSPS) is 10.6. The first kappa shape index (κ1) is 19.1. The summed E-state index contributed by atoms with van der Waals surface area (Å²) in [5.41, 5.74) is 0.675. The second-order valence-corrected chi connectivity index (χ2v) is 6.07. The van der Waals surface area contributed by atoms with Crippen LogP contribution in [0.15, 0.2) is 24.4 Å². The first-order chi connectivity index (χ1) is 12.0. The van der Waals surface area contributed by atoms with Crippen LogP contribution in [0.2, 0.25) is 5.02 Å². The van der Waals surface area contributed by atoms with E-state index in [0.717, 1.165) is 25.3 Å². The number of ether oxygens (including phenoxy) is 2. The van der Waals surface area contributed by atoms with Gasteiger partial charge in [0.15, 0.2) is 0 Å². The van der Waals surface area contributed by atoms with Gasteiger partial charge in [0.25, 0.3) is 0 Å². The quantitative estimate of drug-likeness (QED) is 0.661. The Hall–Kier alpha value is -2.25. The number of aromatic nitrogens is 2. The van der Waals surface area contributed by atoms with Gasteiger partial charge in [0.05, 0.1) is 24.9 Å². The molecule has 0 aliphatic carbocycles. The molecular formula is C17H24ClN5O2. The minimum atomic E-state index is 0.459. The van der Waals surface area contributed by atoms with Crippen molar-refractivity contribution in [1.82, 2.24) is 14.9 Å². The standard InChI is InChI=1S/C17H24ClN5O2/c1-23(2)9-5-7-19-16-6-8-20-17(22-16)21-13-11-14(24-3)12(18)10-15(13)25-4/h6,8,10-11H,5,7,9H2,1-4H3,(H2,19,20,21,22). The second kappa shape index (κ2) is 9.29. The summed E-state index contributed by atoms with van der Waals surface area (Å²) in [5.74, 6) is 2.35. The number of rotatable bonds is 9. The van der Waals surface area contributed by atoms with Crippen molar-refractivity contribution in [2.24, 2.45) is 0 Å². The van der Waals surface area contributed by atoms with Crippen molar-refractivity contribution in [1.29, 1.82) is 0 Å². The van der Waals surface area contributed by atoms with Crippen molar-refractivity contribution < 1.29 is 9.47 Å². The number of nitrogens with one attached hydrogen (secondary N) is 2. The summed E-state index contributed by atoms with van der Waals surface area (Å²) < 4.78 is 10.6. The molecule has 136 valence electrons. The highest BCUT2D eigenvalue weighted by Crippen LogP contribution is 2.36. The predicted molar refractivity (Wildman–Crippen MR) is 102 cm³/mol. The van der Waals surface area contributed by atoms with Gasteiger partial charge in [-0.1, -0.05) is 11.6 Å². The van der Waals surface area contributed by atoms with E-state index in [4.69, 9.17) is 21.1 Å². The SMILES string of the molecule is COc1cc(Nc2nccc(NCCCN(C)C)n2)c(OC)cc1Cl. The lowest BCUT2D eigenvalue weighted by molar-refractivity contribution is 0.405. The molecule has 0 amide bonds. The molecule has 8 heteroatoms. The Morgan fingerprint density at radius 3 is 2.60 bits per heavy atom. The molecule has 0 fully saturated rings. The number of methoxy groups -OCH3 is 2. The monoisotopic (exact) mass is 365 g/mol. The Labute approximate surface area is 153 Å². The number of nitrogens with zero attached hydrogens (tertiary/aromatic N) is 3. The molecule has 0 bridgehead atoms. The van der Waals surface area contributed by atoms with Crippen molar-refractivity contribution in [3.05, 3.63) is 29.4 Å². The topological polar surface area (TPSA) is 71.5 Å². The maximum Gasteiger partial charge on any atom is 0.229 e. The summed E-state index contributed by atoms with van der Waals surface area (Å²) >= 11 is 6.12. The fourth-order valence-electron chi connectivity index (χ4n) is 2.21. The van der Waals surface area contributed by atoms with Crippen molar-refractivity contribution in [2.45, 2.75) is 6.42 Å². The number of anilines is 3. The Morgan fingerprint density at radius 2 is 1.92 bits per heavy atom. The Kier molecular flexibility index (Phi) is 7.09. The zero-order valence-electron chi connectivity index (χ0n) is 15.0. The van der Waals surface area contributed by atoms with Gasteiger partial charge >= 0.3 is 0 Å². The van der Waals surface area contributed by atoms with Gasteiger partial charge in [-0.15, -0.1) is 0 Å². The zero-order valence-corrected chi connectivity index (χ0v) is 15.7. The van der Waals surface area contributed by atoms with Crippen molar-refractivity contribution in [2.75, 3.05) is 52.0 Å². The van der Waals surface area contributed by atoms with E-state index >= 15 is 0 Å². The van der Waals surface area contributed by atoms with Gasteiger partial charge in [0.2, 0.25) is 5.95 Å². The van der Waals surface area contributed by atoms with Crippen LogP contribution in [0.3, 0.4) is 0 Å². The van der Waals surface area contributed by atoms with Crippen LogP contribution >= 0.6 is 11.6 Å². The molecular weight excluding hydrogens is 342 g/mol. The summed E-state index contributed by atoms with van der Waals surface area (Å²) in [6.45, 7) is 1.86. The van der Waals surface area contributed by atoms with E-state index in [1.165, 1.54) is 0 Å². The Bertz CT molecular complexity index is 697. The fraction of sp³-hybridized carbons (Fsp3) is 0.412. The van der Waals surface area contributed by atoms with E-state index in [1.807, 2.05) is 6.07 Å². The average molecular weight is 366 g/mol. The number of hydrogen-bond acceptors (Lipinski definition) is 7. The van der Waals surface area contributed by atoms with Gasteiger partial charge in [-0.3, -0.25) is 0 Å². The minimum absolute atomic E-state index is 0.459. The van der Waals surface area contributed by atoms with E-state index < -0.39 is 0 Å². The van der Waals surface area contributed by atoms with Crippen LogP contribution in [-0.4, -0.2) is 56.3 Å². The minimum Gasteiger partial charge on any atom is -0.495 e. The fourth-order valence-corrected chi connectivity index (χ4v) is 2.44. The molecule has 0 aliphatic rings. The molecule has 0 atom stereocenters. The summed E-state index contributed by atoms with van der Waals surface area (Å²) in [7, 11) is 7.25. The van der Waals surface area contributed by atoms with Crippen LogP contribution in [0.1, 0.15) is 6.42 Å². The third kappa shape index (κ3) is 5.65. The van der Waals surface area contributed by atoms with Crippen LogP contribution in [0.25, 0.3) is 0 Å². The molecule has 0 saturated heterocycles. The molecule has 7 nitrogen and oxygen atoms in total. The van der Waals surface area contributed by atoms with Crippen molar-refractivity contribution in [3.8, 4) is 11.5 Å². The molecule has 2 rings (SSSR count). The van der Waals surface area contributed by atoms with Crippen LogP contribution in [0.5, 0.6) is 11.5 Å². The maximum absolute atomic E-state index is 6.12. The molecule has 0 unspecified atom stereocenters. The van der Waals surface area contributed by atoms with E-state index in [9.17, 15) is 0 Å². The van der Waals surface area contributed by atoms with Crippen LogP contribution in [-0.2, 0) is 0 Å². The van der Waals surface area contributed by atoms with E-state index in [2.05, 4.69) is 39.6 Å². The van der Waals surface area contributed by atoms with Crippen LogP contribution < -0.4 is 20.1 Å². The molecule has 25 heavy (non-hydrogen) atoms. The molecule has 0 saturated carbocycles. The summed E-state index contributed by atoms with van der Waals surface area (Å²) in [6.07, 6.45) is 2.73. The highest BCUT2D eigenvalue weighted by molar-refractivity contribution is 6.32. The lowest BCUT2D eigenvalue weighted by atomic mass is 10.2. The number of halogens is 1. The van der Waals surface area contributed by atoms with Gasteiger partial charge in [-0.25, -0.2) is 4.98 Å². The Balaban J connectivity index is 2.09. The lowest BCUT2D eigenvalue weighted by Gasteiger charge is -2.14. The first-order valence-electron chi connectivity index (χ1n) is 7.93. The van der Waals surface area contributed by atoms with E-state index in [-0.39, 0.29) is 0 Å². The molecule has 1 aromatic carbocycles. The van der Waals surface area contributed by atoms with Gasteiger partial charge < -0.3 is 25.0 Å². The Morgan fingerprint density at radius 1 is 1.16 bits per heavy atom. The average Bonchev–Trinajstić information content (AvgIpc) is 2.60. The van der Waals surface area contributed by atoms with Crippen LogP contribution in [0.4, 0.5) is 17.5 Å². The third-order valence-corrected chi connectivity index (χ3v) is 3.76. The first-order valence-corrected chi connectivity index (χ1v) is 8.31. The summed E-state index contributed by atoms with van der Waals surface area (Å²) in [6, 6.07) is 5.27. The molecule has 0 radical (unpaired) electrons. The summed E-state index contributed by atoms with van der Waals surface area (Å²) in [4.78, 5) is 10.9. The maximum atomic E-state index is 6.12. The number of benzene rings is 1. The number of hydrogen-bond donors (Lipinski definition) is 2. The van der Waals surface area contributed by atoms with Gasteiger partial charge in [-0.05, 0) is 33.1 Å². The molecule has 1 aromatic heterocycles. The van der Waals surface area contributed by atoms with Crippen molar-refractivity contribution >= 4 is 29.1 Å². The second-order valence-electron chi connectivity index (χ2n) is 5.66. The molecule has 0 aliphatic heterocycles. The smallest absolute Gasteiger partial charge is 0.229 e. The molecule has 1 heterocycles. The van der Waals surface area contributed by atoms with Gasteiger partial charge in [0.1, 0.15) is 17.3 Å². The van der Waals surface area contributed by atoms with Gasteiger partial charge in [-0.2, -0.15) is 4.98 Å². The highest BCUT2D eigenvalue weighted by atomic mass is 35.5. The predicted octanol–water partition coefficient (Wildman–Crippen LogP) is 3.25. The van der Waals surface area contributed by atoms with E-state index in [0.29, 0.717) is 28.2 Å². The zero-order chi connectivity index (χ0) is 18.2. The molecule has 2 N–H and O–H groups in total. The molecule has 0 spiro atoms. The highest BCUT2D eigenvalue weighted by Gasteiger charge is 2.11. The van der Waals surface area contributed by atoms with E-state index in [1.54, 1.807) is 32.5 Å².